The summed E-state index contributed by atoms with van der Waals surface area (Å²) in [5, 5.41) is 4.39. The second-order valence-corrected chi connectivity index (χ2v) is 6.03. The molecule has 1 aromatic carbocycles. The van der Waals surface area contributed by atoms with E-state index in [4.69, 9.17) is 4.42 Å². The Kier molecular flexibility index (Phi) is 5.33. The maximum Gasteiger partial charge on any atom is 0.272 e. The van der Waals surface area contributed by atoms with Crippen molar-refractivity contribution in [2.24, 2.45) is 0 Å². The van der Waals surface area contributed by atoms with Crippen LogP contribution in [0.5, 0.6) is 0 Å². The van der Waals surface area contributed by atoms with Gasteiger partial charge in [-0.2, -0.15) is 5.10 Å². The van der Waals surface area contributed by atoms with Gasteiger partial charge >= 0.3 is 0 Å². The number of amides is 1. The molecule has 3 rings (SSSR count). The van der Waals surface area contributed by atoms with Crippen molar-refractivity contribution in [1.29, 1.82) is 0 Å². The van der Waals surface area contributed by atoms with Crippen LogP contribution in [0.25, 0.3) is 0 Å². The monoisotopic (exact) mass is 337 g/mol. The lowest BCUT2D eigenvalue weighted by Gasteiger charge is -2.22. The van der Waals surface area contributed by atoms with Gasteiger partial charge in [-0.05, 0) is 44.0 Å². The highest BCUT2D eigenvalue weighted by Gasteiger charge is 2.21. The van der Waals surface area contributed by atoms with E-state index in [-0.39, 0.29) is 5.91 Å². The summed E-state index contributed by atoms with van der Waals surface area (Å²) >= 11 is 0. The van der Waals surface area contributed by atoms with E-state index in [1.165, 1.54) is 5.56 Å². The Morgan fingerprint density at radius 1 is 1.20 bits per heavy atom. The van der Waals surface area contributed by atoms with Gasteiger partial charge in [-0.3, -0.25) is 9.48 Å². The fourth-order valence-electron chi connectivity index (χ4n) is 2.87. The molecule has 0 spiro atoms. The molecular formula is C20H23N3O2. The van der Waals surface area contributed by atoms with Crippen LogP contribution in [0.2, 0.25) is 0 Å². The van der Waals surface area contributed by atoms with Crippen LogP contribution in [0.3, 0.4) is 0 Å². The number of benzene rings is 1. The van der Waals surface area contributed by atoms with Crippen LogP contribution in [0.1, 0.15) is 34.4 Å². The minimum Gasteiger partial charge on any atom is -0.467 e. The molecule has 0 saturated heterocycles. The van der Waals surface area contributed by atoms with Gasteiger partial charge in [0.05, 0.1) is 18.5 Å². The van der Waals surface area contributed by atoms with Crippen molar-refractivity contribution in [3.63, 3.8) is 0 Å². The first-order valence-electron chi connectivity index (χ1n) is 8.57. The standard InChI is InChI=1S/C20H23N3O2/c1-3-23-19(14-16(2)21-23)20(24)22(15-18-10-7-13-25-18)12-11-17-8-5-4-6-9-17/h4-10,13-14H,3,11-12,15H2,1-2H3. The maximum atomic E-state index is 13.1. The van der Waals surface area contributed by atoms with Gasteiger partial charge in [-0.1, -0.05) is 30.3 Å². The third-order valence-electron chi connectivity index (χ3n) is 4.15. The number of furan rings is 1. The van der Waals surface area contributed by atoms with Crippen molar-refractivity contribution in [2.75, 3.05) is 6.54 Å². The zero-order valence-electron chi connectivity index (χ0n) is 14.7. The fraction of sp³-hybridized carbons (Fsp3) is 0.300. The predicted molar refractivity (Wildman–Crippen MR) is 96.2 cm³/mol. The molecule has 5 heteroatoms. The van der Waals surface area contributed by atoms with E-state index >= 15 is 0 Å². The molecule has 130 valence electrons. The van der Waals surface area contributed by atoms with E-state index in [0.29, 0.717) is 25.3 Å². The van der Waals surface area contributed by atoms with Crippen molar-refractivity contribution in [1.82, 2.24) is 14.7 Å². The van der Waals surface area contributed by atoms with Crippen LogP contribution < -0.4 is 0 Å². The molecule has 25 heavy (non-hydrogen) atoms. The quantitative estimate of drug-likeness (QED) is 0.661. The molecule has 0 aliphatic heterocycles. The minimum absolute atomic E-state index is 0.0187. The number of hydrogen-bond donors (Lipinski definition) is 0. The molecule has 0 saturated carbocycles. The van der Waals surface area contributed by atoms with Crippen LogP contribution in [-0.2, 0) is 19.5 Å². The molecule has 3 aromatic rings. The highest BCUT2D eigenvalue weighted by molar-refractivity contribution is 5.92. The van der Waals surface area contributed by atoms with Crippen LogP contribution >= 0.6 is 0 Å². The molecule has 5 nitrogen and oxygen atoms in total. The van der Waals surface area contributed by atoms with Crippen molar-refractivity contribution >= 4 is 5.91 Å². The Balaban J connectivity index is 1.80. The number of carbonyl (C=O) groups excluding carboxylic acids is 1. The van der Waals surface area contributed by atoms with E-state index in [0.717, 1.165) is 17.9 Å². The molecule has 2 heterocycles. The molecule has 0 N–H and O–H groups in total. The lowest BCUT2D eigenvalue weighted by molar-refractivity contribution is 0.0721. The number of carbonyl (C=O) groups is 1. The van der Waals surface area contributed by atoms with Gasteiger partial charge in [0, 0.05) is 13.1 Å². The van der Waals surface area contributed by atoms with E-state index in [1.54, 1.807) is 10.9 Å². The molecule has 2 aromatic heterocycles. The van der Waals surface area contributed by atoms with Gasteiger partial charge in [0.15, 0.2) is 0 Å². The number of nitrogens with zero attached hydrogens (tertiary/aromatic N) is 3. The van der Waals surface area contributed by atoms with Crippen molar-refractivity contribution < 1.29 is 9.21 Å². The fourth-order valence-corrected chi connectivity index (χ4v) is 2.87. The molecule has 0 bridgehead atoms. The Morgan fingerprint density at radius 2 is 2.00 bits per heavy atom. The lowest BCUT2D eigenvalue weighted by atomic mass is 10.1. The molecule has 0 radical (unpaired) electrons. The van der Waals surface area contributed by atoms with Gasteiger partial charge in [-0.15, -0.1) is 0 Å². The molecule has 1 amide bonds. The molecule has 0 aliphatic carbocycles. The normalized spacial score (nSPS) is 10.8. The van der Waals surface area contributed by atoms with Crippen molar-refractivity contribution in [3.05, 3.63) is 77.5 Å². The summed E-state index contributed by atoms with van der Waals surface area (Å²) in [7, 11) is 0. The summed E-state index contributed by atoms with van der Waals surface area (Å²) in [5.41, 5.74) is 2.69. The van der Waals surface area contributed by atoms with Gasteiger partial charge < -0.3 is 9.32 Å². The Bertz CT molecular complexity index is 807. The molecule has 0 aliphatic rings. The van der Waals surface area contributed by atoms with Crippen molar-refractivity contribution in [3.8, 4) is 0 Å². The summed E-state index contributed by atoms with van der Waals surface area (Å²) in [4.78, 5) is 14.9. The predicted octanol–water partition coefficient (Wildman–Crippen LogP) is 3.69. The van der Waals surface area contributed by atoms with E-state index in [9.17, 15) is 4.79 Å². The number of rotatable bonds is 7. The third-order valence-corrected chi connectivity index (χ3v) is 4.15. The number of aryl methyl sites for hydroxylation is 2. The van der Waals surface area contributed by atoms with Gasteiger partial charge in [-0.25, -0.2) is 0 Å². The van der Waals surface area contributed by atoms with Crippen LogP contribution in [-0.4, -0.2) is 27.1 Å². The van der Waals surface area contributed by atoms with Crippen LogP contribution in [0.4, 0.5) is 0 Å². The Morgan fingerprint density at radius 3 is 2.68 bits per heavy atom. The smallest absolute Gasteiger partial charge is 0.272 e. The zero-order chi connectivity index (χ0) is 17.6. The highest BCUT2D eigenvalue weighted by Crippen LogP contribution is 2.13. The average Bonchev–Trinajstić information content (AvgIpc) is 3.28. The largest absolute Gasteiger partial charge is 0.467 e. The average molecular weight is 337 g/mol. The van der Waals surface area contributed by atoms with E-state index in [1.807, 2.05) is 55.1 Å². The number of hydrogen-bond acceptors (Lipinski definition) is 3. The Labute approximate surface area is 147 Å². The van der Waals surface area contributed by atoms with Crippen molar-refractivity contribution in [2.45, 2.75) is 33.4 Å². The second-order valence-electron chi connectivity index (χ2n) is 6.03. The molecule has 0 unspecified atom stereocenters. The van der Waals surface area contributed by atoms with E-state index < -0.39 is 0 Å². The number of aromatic nitrogens is 2. The zero-order valence-corrected chi connectivity index (χ0v) is 14.7. The summed E-state index contributed by atoms with van der Waals surface area (Å²) in [6, 6.07) is 15.8. The summed E-state index contributed by atoms with van der Waals surface area (Å²) in [5.74, 6) is 0.760. The maximum absolute atomic E-state index is 13.1. The summed E-state index contributed by atoms with van der Waals surface area (Å²) < 4.78 is 7.21. The van der Waals surface area contributed by atoms with Crippen LogP contribution in [0.15, 0.2) is 59.2 Å². The second kappa shape index (κ2) is 7.83. The molecular weight excluding hydrogens is 314 g/mol. The van der Waals surface area contributed by atoms with E-state index in [2.05, 4.69) is 17.2 Å². The minimum atomic E-state index is -0.0187. The SMILES string of the molecule is CCn1nc(C)cc1C(=O)N(CCc1ccccc1)Cc1ccco1. The Hall–Kier alpha value is -2.82. The first-order chi connectivity index (χ1) is 12.2. The highest BCUT2D eigenvalue weighted by atomic mass is 16.3. The lowest BCUT2D eigenvalue weighted by Crippen LogP contribution is -2.34. The third kappa shape index (κ3) is 4.18. The van der Waals surface area contributed by atoms with Gasteiger partial charge in [0.1, 0.15) is 11.5 Å². The first kappa shape index (κ1) is 17.0. The molecule has 0 atom stereocenters. The summed E-state index contributed by atoms with van der Waals surface area (Å²) in [6.07, 6.45) is 2.43. The molecule has 0 fully saturated rings. The summed E-state index contributed by atoms with van der Waals surface area (Å²) in [6.45, 7) is 5.64. The van der Waals surface area contributed by atoms with Gasteiger partial charge in [0.2, 0.25) is 0 Å². The first-order valence-corrected chi connectivity index (χ1v) is 8.57. The van der Waals surface area contributed by atoms with Crippen LogP contribution in [0, 0.1) is 6.92 Å². The topological polar surface area (TPSA) is 51.3 Å². The van der Waals surface area contributed by atoms with Gasteiger partial charge in [0.25, 0.3) is 5.91 Å².